The summed E-state index contributed by atoms with van der Waals surface area (Å²) in [6, 6.07) is 4.76. The quantitative estimate of drug-likeness (QED) is 0.708. The first-order valence-electron chi connectivity index (χ1n) is 7.27. The van der Waals surface area contributed by atoms with E-state index in [0.717, 1.165) is 25.7 Å². The molecule has 1 aromatic carbocycles. The molecule has 0 amide bonds. The maximum atomic E-state index is 12.3. The van der Waals surface area contributed by atoms with E-state index in [9.17, 15) is 8.42 Å². The van der Waals surface area contributed by atoms with Gasteiger partial charge in [-0.25, -0.2) is 13.1 Å². The zero-order valence-electron chi connectivity index (χ0n) is 12.9. The van der Waals surface area contributed by atoms with Gasteiger partial charge in [-0.3, -0.25) is 0 Å². The minimum Gasteiger partial charge on any atom is -0.496 e. The molecule has 1 aromatic rings. The monoisotopic (exact) mass is 377 g/mol. The molecule has 1 rings (SSSR count). The lowest BCUT2D eigenvalue weighted by Gasteiger charge is -2.15. The van der Waals surface area contributed by atoms with Crippen LogP contribution < -0.4 is 9.46 Å². The number of hydrogen-bond donors (Lipinski definition) is 1. The lowest BCUT2D eigenvalue weighted by atomic mass is 10.00. The van der Waals surface area contributed by atoms with Gasteiger partial charge >= 0.3 is 0 Å². The van der Waals surface area contributed by atoms with Gasteiger partial charge in [-0.05, 0) is 46.5 Å². The molecule has 21 heavy (non-hydrogen) atoms. The van der Waals surface area contributed by atoms with E-state index in [1.807, 2.05) is 0 Å². The van der Waals surface area contributed by atoms with Gasteiger partial charge in [0.25, 0.3) is 0 Å². The predicted octanol–water partition coefficient (Wildman–Crippen LogP) is 3.95. The van der Waals surface area contributed by atoms with Gasteiger partial charge < -0.3 is 4.74 Å². The number of ether oxygens (including phenoxy) is 1. The van der Waals surface area contributed by atoms with E-state index in [-0.39, 0.29) is 4.90 Å². The van der Waals surface area contributed by atoms with Crippen LogP contribution in [0.25, 0.3) is 0 Å². The van der Waals surface area contributed by atoms with Gasteiger partial charge in [-0.1, -0.05) is 33.1 Å². The highest BCUT2D eigenvalue weighted by Gasteiger charge is 2.17. The molecule has 0 aliphatic rings. The van der Waals surface area contributed by atoms with Crippen LogP contribution in [0.15, 0.2) is 27.6 Å². The summed E-state index contributed by atoms with van der Waals surface area (Å²) in [5, 5.41) is 0. The van der Waals surface area contributed by atoms with Gasteiger partial charge in [0.15, 0.2) is 0 Å². The van der Waals surface area contributed by atoms with Gasteiger partial charge in [-0.2, -0.15) is 0 Å². The molecule has 0 bridgehead atoms. The van der Waals surface area contributed by atoms with Crippen molar-refractivity contribution in [1.29, 1.82) is 0 Å². The van der Waals surface area contributed by atoms with Crippen LogP contribution in [0.3, 0.4) is 0 Å². The van der Waals surface area contributed by atoms with Gasteiger partial charge in [-0.15, -0.1) is 0 Å². The second-order valence-corrected chi connectivity index (χ2v) is 7.69. The number of methoxy groups -OCH3 is 1. The lowest BCUT2D eigenvalue weighted by Crippen LogP contribution is -2.29. The molecule has 0 radical (unpaired) electrons. The summed E-state index contributed by atoms with van der Waals surface area (Å²) in [7, 11) is -1.93. The molecule has 0 aromatic heterocycles. The van der Waals surface area contributed by atoms with Gasteiger partial charge in [0, 0.05) is 6.54 Å². The van der Waals surface area contributed by atoms with E-state index in [4.69, 9.17) is 4.74 Å². The zero-order chi connectivity index (χ0) is 15.9. The van der Waals surface area contributed by atoms with Crippen molar-refractivity contribution < 1.29 is 13.2 Å². The summed E-state index contributed by atoms with van der Waals surface area (Å²) < 4.78 is 33.1. The first-order valence-corrected chi connectivity index (χ1v) is 9.55. The predicted molar refractivity (Wildman–Crippen MR) is 89.2 cm³/mol. The fraction of sp³-hybridized carbons (Fsp3) is 0.600. The van der Waals surface area contributed by atoms with Crippen molar-refractivity contribution >= 4 is 26.0 Å². The summed E-state index contributed by atoms with van der Waals surface area (Å²) in [5.74, 6) is 1.00. The van der Waals surface area contributed by atoms with E-state index >= 15 is 0 Å². The van der Waals surface area contributed by atoms with Crippen molar-refractivity contribution in [2.45, 2.75) is 44.4 Å². The Morgan fingerprint density at radius 1 is 1.33 bits per heavy atom. The Bertz CT molecular complexity index is 546. The summed E-state index contributed by atoms with van der Waals surface area (Å²) in [4.78, 5) is 0.250. The summed E-state index contributed by atoms with van der Waals surface area (Å²) in [6.07, 6.45) is 4.31. The third kappa shape index (κ3) is 5.60. The van der Waals surface area contributed by atoms with E-state index in [1.54, 1.807) is 25.3 Å². The maximum absolute atomic E-state index is 12.3. The smallest absolute Gasteiger partial charge is 0.240 e. The first-order chi connectivity index (χ1) is 9.94. The summed E-state index contributed by atoms with van der Waals surface area (Å²) in [5.41, 5.74) is 0. The molecular weight excluding hydrogens is 354 g/mol. The van der Waals surface area contributed by atoms with Crippen molar-refractivity contribution in [3.63, 3.8) is 0 Å². The lowest BCUT2D eigenvalue weighted by molar-refractivity contribution is 0.411. The fourth-order valence-electron chi connectivity index (χ4n) is 2.07. The Morgan fingerprint density at radius 3 is 2.57 bits per heavy atom. The van der Waals surface area contributed by atoms with Crippen LogP contribution >= 0.6 is 15.9 Å². The van der Waals surface area contributed by atoms with Gasteiger partial charge in [0.1, 0.15) is 5.75 Å². The number of nitrogens with one attached hydrogen (secondary N) is 1. The van der Waals surface area contributed by atoms with E-state index < -0.39 is 10.0 Å². The minimum atomic E-state index is -3.47. The largest absolute Gasteiger partial charge is 0.496 e. The van der Waals surface area contributed by atoms with Crippen LogP contribution in [0.5, 0.6) is 5.75 Å². The third-order valence-electron chi connectivity index (χ3n) is 3.54. The molecule has 0 saturated heterocycles. The van der Waals surface area contributed by atoms with Crippen LogP contribution in [0.4, 0.5) is 0 Å². The topological polar surface area (TPSA) is 55.4 Å². The van der Waals surface area contributed by atoms with Crippen LogP contribution in [-0.2, 0) is 10.0 Å². The molecule has 0 saturated carbocycles. The number of benzene rings is 1. The minimum absolute atomic E-state index is 0.250. The standard InChI is InChI=1S/C15H24BrNO3S/c1-4-6-7-12(5-2)11-17-21(18,19)13-8-9-15(20-3)14(16)10-13/h8-10,12,17H,4-7,11H2,1-3H3/t12-/m0/s1. The molecule has 0 aliphatic carbocycles. The molecule has 1 N–H and O–H groups in total. The molecule has 0 unspecified atom stereocenters. The van der Waals surface area contributed by atoms with Crippen molar-refractivity contribution in [1.82, 2.24) is 4.72 Å². The van der Waals surface area contributed by atoms with Crippen molar-refractivity contribution in [3.05, 3.63) is 22.7 Å². The van der Waals surface area contributed by atoms with Crippen LogP contribution in [-0.4, -0.2) is 22.1 Å². The van der Waals surface area contributed by atoms with Crippen molar-refractivity contribution in [3.8, 4) is 5.75 Å². The van der Waals surface area contributed by atoms with Crippen LogP contribution in [0, 0.1) is 5.92 Å². The number of halogens is 1. The van der Waals surface area contributed by atoms with Crippen molar-refractivity contribution in [2.75, 3.05) is 13.7 Å². The number of hydrogen-bond acceptors (Lipinski definition) is 3. The number of rotatable bonds is 9. The molecule has 0 spiro atoms. The van der Waals surface area contributed by atoms with E-state index in [0.29, 0.717) is 22.7 Å². The molecule has 1 atom stereocenters. The Labute approximate surface area is 136 Å². The summed E-state index contributed by atoms with van der Waals surface area (Å²) in [6.45, 7) is 4.73. The maximum Gasteiger partial charge on any atom is 0.240 e. The molecule has 0 fully saturated rings. The average Bonchev–Trinajstić information content (AvgIpc) is 2.47. The fourth-order valence-corrected chi connectivity index (χ4v) is 3.90. The van der Waals surface area contributed by atoms with Crippen LogP contribution in [0.2, 0.25) is 0 Å². The van der Waals surface area contributed by atoms with Crippen molar-refractivity contribution in [2.24, 2.45) is 5.92 Å². The SMILES string of the molecule is CCCC[C@H](CC)CNS(=O)(=O)c1ccc(OC)c(Br)c1. The Morgan fingerprint density at radius 2 is 2.05 bits per heavy atom. The highest BCUT2D eigenvalue weighted by atomic mass is 79.9. The summed E-state index contributed by atoms with van der Waals surface area (Å²) >= 11 is 3.31. The molecular formula is C15H24BrNO3S. The van der Waals surface area contributed by atoms with E-state index in [2.05, 4.69) is 34.5 Å². The van der Waals surface area contributed by atoms with Crippen LogP contribution in [0.1, 0.15) is 39.5 Å². The number of sulfonamides is 1. The normalized spacial score (nSPS) is 13.1. The van der Waals surface area contributed by atoms with Gasteiger partial charge in [0.2, 0.25) is 10.0 Å². The second-order valence-electron chi connectivity index (χ2n) is 5.06. The van der Waals surface area contributed by atoms with E-state index in [1.165, 1.54) is 0 Å². The Balaban J connectivity index is 2.74. The molecule has 4 nitrogen and oxygen atoms in total. The second kappa shape index (κ2) is 8.76. The molecule has 0 aliphatic heterocycles. The first kappa shape index (κ1) is 18.5. The number of unbranched alkanes of at least 4 members (excludes halogenated alkanes) is 1. The molecule has 120 valence electrons. The van der Waals surface area contributed by atoms with Gasteiger partial charge in [0.05, 0.1) is 16.5 Å². The molecule has 0 heterocycles. The average molecular weight is 378 g/mol. The Kier molecular flexibility index (Phi) is 7.70. The zero-order valence-corrected chi connectivity index (χ0v) is 15.3. The highest BCUT2D eigenvalue weighted by Crippen LogP contribution is 2.27. The molecule has 6 heteroatoms. The highest BCUT2D eigenvalue weighted by molar-refractivity contribution is 9.10. The third-order valence-corrected chi connectivity index (χ3v) is 5.58. The Hall–Kier alpha value is -0.590.